The molecule has 5 nitrogen and oxygen atoms in total. The number of carbonyl (C=O) groups excluding carboxylic acids is 1. The lowest BCUT2D eigenvalue weighted by Gasteiger charge is -2.53. The van der Waals surface area contributed by atoms with Crippen LogP contribution >= 0.6 is 0 Å². The van der Waals surface area contributed by atoms with Crippen molar-refractivity contribution in [2.75, 3.05) is 21.3 Å². The first-order chi connectivity index (χ1) is 12.6. The van der Waals surface area contributed by atoms with Crippen molar-refractivity contribution in [1.82, 2.24) is 5.32 Å². The summed E-state index contributed by atoms with van der Waals surface area (Å²) in [6.07, 6.45) is 6.45. The second kappa shape index (κ2) is 7.01. The van der Waals surface area contributed by atoms with Gasteiger partial charge in [0.05, 0.1) is 21.3 Å². The third-order valence-corrected chi connectivity index (χ3v) is 6.72. The molecule has 0 unspecified atom stereocenters. The molecule has 0 radical (unpaired) electrons. The molecular weight excluding hydrogens is 330 g/mol. The fraction of sp³-hybridized carbons (Fsp3) is 0.667. The highest BCUT2D eigenvalue weighted by atomic mass is 16.5. The number of hydrogen-bond acceptors (Lipinski definition) is 4. The Morgan fingerprint density at radius 1 is 0.923 bits per heavy atom. The van der Waals surface area contributed by atoms with Crippen LogP contribution in [0.2, 0.25) is 0 Å². The van der Waals surface area contributed by atoms with Crippen molar-refractivity contribution < 1.29 is 19.0 Å². The zero-order valence-corrected chi connectivity index (χ0v) is 15.9. The number of hydrogen-bond donors (Lipinski definition) is 1. The first kappa shape index (κ1) is 17.5. The van der Waals surface area contributed by atoms with Crippen LogP contribution in [0, 0.1) is 29.6 Å². The molecule has 4 fully saturated rings. The van der Waals surface area contributed by atoms with Crippen LogP contribution in [0.1, 0.15) is 37.7 Å². The predicted molar refractivity (Wildman–Crippen MR) is 98.5 cm³/mol. The van der Waals surface area contributed by atoms with Crippen molar-refractivity contribution in [3.63, 3.8) is 0 Å². The number of methoxy groups -OCH3 is 3. The minimum absolute atomic E-state index is 0.213. The Kier molecular flexibility index (Phi) is 4.72. The summed E-state index contributed by atoms with van der Waals surface area (Å²) in [5.41, 5.74) is 0.955. The minimum Gasteiger partial charge on any atom is -0.493 e. The average Bonchev–Trinajstić information content (AvgIpc) is 2.64. The average molecular weight is 359 g/mol. The maximum Gasteiger partial charge on any atom is 0.223 e. The van der Waals surface area contributed by atoms with Crippen molar-refractivity contribution in [1.29, 1.82) is 0 Å². The normalized spacial score (nSPS) is 31.6. The summed E-state index contributed by atoms with van der Waals surface area (Å²) in [6.45, 7) is 0.484. The van der Waals surface area contributed by atoms with E-state index in [2.05, 4.69) is 5.32 Å². The van der Waals surface area contributed by atoms with Gasteiger partial charge in [0, 0.05) is 12.5 Å². The van der Waals surface area contributed by atoms with Crippen LogP contribution in [0.4, 0.5) is 0 Å². The molecule has 1 aromatic rings. The summed E-state index contributed by atoms with van der Waals surface area (Å²) in [4.78, 5) is 12.9. The van der Waals surface area contributed by atoms with Crippen LogP contribution < -0.4 is 19.5 Å². The Labute approximate surface area is 155 Å². The summed E-state index contributed by atoms with van der Waals surface area (Å²) in [7, 11) is 4.80. The molecule has 4 aliphatic rings. The summed E-state index contributed by atoms with van der Waals surface area (Å²) < 4.78 is 16.2. The van der Waals surface area contributed by atoms with Gasteiger partial charge < -0.3 is 19.5 Å². The molecule has 0 saturated heterocycles. The Morgan fingerprint density at radius 3 is 1.92 bits per heavy atom. The van der Waals surface area contributed by atoms with E-state index in [0.717, 1.165) is 17.4 Å². The molecule has 4 aliphatic carbocycles. The second-order valence-electron chi connectivity index (χ2n) is 8.21. The third-order valence-electron chi connectivity index (χ3n) is 6.72. The molecule has 1 aromatic carbocycles. The van der Waals surface area contributed by atoms with E-state index >= 15 is 0 Å². The van der Waals surface area contributed by atoms with Gasteiger partial charge in [-0.2, -0.15) is 0 Å². The van der Waals surface area contributed by atoms with E-state index in [9.17, 15) is 4.79 Å². The SMILES string of the molecule is COc1cc(CNC(=O)C2C3CC4CC(C3)CC2C4)cc(OC)c1OC. The van der Waals surface area contributed by atoms with Gasteiger partial charge in [-0.05, 0) is 73.5 Å². The number of benzene rings is 1. The lowest BCUT2D eigenvalue weighted by Crippen LogP contribution is -2.50. The molecular formula is C21H29NO4. The van der Waals surface area contributed by atoms with Gasteiger partial charge in [-0.1, -0.05) is 0 Å². The number of amides is 1. The van der Waals surface area contributed by atoms with E-state index in [4.69, 9.17) is 14.2 Å². The fourth-order valence-corrected chi connectivity index (χ4v) is 5.90. The molecule has 1 N–H and O–H groups in total. The summed E-state index contributed by atoms with van der Waals surface area (Å²) in [6, 6.07) is 3.80. The molecule has 0 atom stereocenters. The van der Waals surface area contributed by atoms with E-state index in [-0.39, 0.29) is 11.8 Å². The zero-order chi connectivity index (χ0) is 18.3. The second-order valence-corrected chi connectivity index (χ2v) is 8.21. The molecule has 142 valence electrons. The van der Waals surface area contributed by atoms with Gasteiger partial charge in [0.15, 0.2) is 11.5 Å². The molecule has 1 amide bonds. The van der Waals surface area contributed by atoms with Crippen LogP contribution in [0.5, 0.6) is 17.2 Å². The molecule has 4 bridgehead atoms. The van der Waals surface area contributed by atoms with Crippen molar-refractivity contribution in [2.45, 2.75) is 38.6 Å². The van der Waals surface area contributed by atoms with Gasteiger partial charge in [-0.25, -0.2) is 0 Å². The Hall–Kier alpha value is -1.91. The number of ether oxygens (including phenoxy) is 3. The van der Waals surface area contributed by atoms with Crippen LogP contribution in [0.3, 0.4) is 0 Å². The molecule has 0 spiro atoms. The maximum absolute atomic E-state index is 12.9. The van der Waals surface area contributed by atoms with Crippen molar-refractivity contribution >= 4 is 5.91 Å². The Bertz CT molecular complexity index is 634. The number of nitrogens with one attached hydrogen (secondary N) is 1. The maximum atomic E-state index is 12.9. The fourth-order valence-electron chi connectivity index (χ4n) is 5.90. The number of carbonyl (C=O) groups is 1. The highest BCUT2D eigenvalue weighted by molar-refractivity contribution is 5.79. The predicted octanol–water partition coefficient (Wildman–Crippen LogP) is 3.40. The van der Waals surface area contributed by atoms with Gasteiger partial charge in [0.1, 0.15) is 0 Å². The standard InChI is InChI=1S/C21H29NO4/c1-24-17-9-14(10-18(25-2)20(17)26-3)11-22-21(23)19-15-5-12-4-13(7-15)8-16(19)6-12/h9-10,12-13,15-16,19H,4-8,11H2,1-3H3,(H,22,23). The lowest BCUT2D eigenvalue weighted by atomic mass is 9.51. The van der Waals surface area contributed by atoms with Crippen LogP contribution in [-0.4, -0.2) is 27.2 Å². The van der Waals surface area contributed by atoms with Crippen LogP contribution in [-0.2, 0) is 11.3 Å². The summed E-state index contributed by atoms with van der Waals surface area (Å²) in [5, 5.41) is 3.18. The zero-order valence-electron chi connectivity index (χ0n) is 15.9. The van der Waals surface area contributed by atoms with Crippen LogP contribution in [0.15, 0.2) is 12.1 Å². The molecule has 4 saturated carbocycles. The van der Waals surface area contributed by atoms with E-state index in [0.29, 0.717) is 35.6 Å². The molecule has 5 heteroatoms. The summed E-state index contributed by atoms with van der Waals surface area (Å²) >= 11 is 0. The van der Waals surface area contributed by atoms with Gasteiger partial charge in [-0.3, -0.25) is 4.79 Å². The highest BCUT2D eigenvalue weighted by Gasteiger charge is 2.50. The quantitative estimate of drug-likeness (QED) is 0.846. The topological polar surface area (TPSA) is 56.8 Å². The first-order valence-corrected chi connectivity index (χ1v) is 9.69. The minimum atomic E-state index is 0.213. The summed E-state index contributed by atoms with van der Waals surface area (Å²) in [5.74, 6) is 5.23. The Balaban J connectivity index is 1.45. The number of rotatable bonds is 6. The monoisotopic (exact) mass is 359 g/mol. The van der Waals surface area contributed by atoms with E-state index in [1.165, 1.54) is 32.1 Å². The van der Waals surface area contributed by atoms with E-state index in [1.54, 1.807) is 21.3 Å². The molecule has 0 aliphatic heterocycles. The first-order valence-electron chi connectivity index (χ1n) is 9.69. The molecule has 0 aromatic heterocycles. The van der Waals surface area contributed by atoms with Crippen molar-refractivity contribution in [2.24, 2.45) is 29.6 Å². The smallest absolute Gasteiger partial charge is 0.223 e. The van der Waals surface area contributed by atoms with Crippen molar-refractivity contribution in [3.8, 4) is 17.2 Å². The van der Waals surface area contributed by atoms with Gasteiger partial charge in [0.2, 0.25) is 11.7 Å². The molecule has 5 rings (SSSR count). The van der Waals surface area contributed by atoms with Gasteiger partial charge >= 0.3 is 0 Å². The highest BCUT2D eigenvalue weighted by Crippen LogP contribution is 2.56. The third kappa shape index (κ3) is 3.01. The van der Waals surface area contributed by atoms with Gasteiger partial charge in [0.25, 0.3) is 0 Å². The molecule has 0 heterocycles. The van der Waals surface area contributed by atoms with Crippen LogP contribution in [0.25, 0.3) is 0 Å². The molecule has 26 heavy (non-hydrogen) atoms. The van der Waals surface area contributed by atoms with E-state index < -0.39 is 0 Å². The Morgan fingerprint density at radius 2 is 1.46 bits per heavy atom. The lowest BCUT2D eigenvalue weighted by molar-refractivity contribution is -0.138. The van der Waals surface area contributed by atoms with Crippen molar-refractivity contribution in [3.05, 3.63) is 17.7 Å². The largest absolute Gasteiger partial charge is 0.493 e. The van der Waals surface area contributed by atoms with Gasteiger partial charge in [-0.15, -0.1) is 0 Å². The van der Waals surface area contributed by atoms with E-state index in [1.807, 2.05) is 12.1 Å².